The molecule has 0 unspecified atom stereocenters. The molecule has 2 aromatic heterocycles. The largest absolute Gasteiger partial charge is 0.453 e. The summed E-state index contributed by atoms with van der Waals surface area (Å²) >= 11 is 0. The van der Waals surface area contributed by atoms with E-state index in [1.54, 1.807) is 6.33 Å². The lowest BCUT2D eigenvalue weighted by Gasteiger charge is -2.33. The van der Waals surface area contributed by atoms with Crippen molar-refractivity contribution in [1.82, 2.24) is 19.9 Å². The molecule has 24 heavy (non-hydrogen) atoms. The maximum atomic E-state index is 11.8. The van der Waals surface area contributed by atoms with E-state index in [0.717, 1.165) is 49.2 Å². The third-order valence-corrected chi connectivity index (χ3v) is 5.69. The number of carbonyl (C=O) groups is 1. The van der Waals surface area contributed by atoms with Crippen LogP contribution >= 0.6 is 0 Å². The summed E-state index contributed by atoms with van der Waals surface area (Å²) in [6.07, 6.45) is 6.63. The minimum absolute atomic E-state index is 0.199. The zero-order valence-corrected chi connectivity index (χ0v) is 14.1. The molecule has 0 spiro atoms. The summed E-state index contributed by atoms with van der Waals surface area (Å²) < 4.78 is 4.88. The quantitative estimate of drug-likeness (QED) is 0.915. The summed E-state index contributed by atoms with van der Waals surface area (Å²) in [5.41, 5.74) is 0.874. The fourth-order valence-corrected chi connectivity index (χ4v) is 4.38. The van der Waals surface area contributed by atoms with Gasteiger partial charge in [0.15, 0.2) is 0 Å². The zero-order chi connectivity index (χ0) is 16.7. The molecule has 1 N–H and O–H groups in total. The van der Waals surface area contributed by atoms with Crippen LogP contribution in [0.5, 0.6) is 0 Å². The number of piperidine rings is 1. The Hall–Kier alpha value is -2.31. The number of anilines is 1. The number of aromatic amines is 1. The average molecular weight is 329 g/mol. The van der Waals surface area contributed by atoms with Crippen LogP contribution in [0.2, 0.25) is 0 Å². The van der Waals surface area contributed by atoms with Gasteiger partial charge in [0.1, 0.15) is 17.8 Å². The molecular formula is C17H23N5O2. The van der Waals surface area contributed by atoms with Crippen LogP contribution in [-0.4, -0.2) is 59.2 Å². The highest BCUT2D eigenvalue weighted by molar-refractivity contribution is 5.87. The highest BCUT2D eigenvalue weighted by Gasteiger charge is 2.41. The first-order valence-corrected chi connectivity index (χ1v) is 8.51. The summed E-state index contributed by atoms with van der Waals surface area (Å²) in [5.74, 6) is 2.21. The Kier molecular flexibility index (Phi) is 3.78. The first kappa shape index (κ1) is 15.2. The number of ether oxygens (including phenoxy) is 1. The third-order valence-electron chi connectivity index (χ3n) is 5.69. The van der Waals surface area contributed by atoms with Crippen molar-refractivity contribution in [2.75, 3.05) is 32.1 Å². The van der Waals surface area contributed by atoms with Crippen LogP contribution in [-0.2, 0) is 4.74 Å². The van der Waals surface area contributed by atoms with E-state index >= 15 is 0 Å². The monoisotopic (exact) mass is 329 g/mol. The van der Waals surface area contributed by atoms with E-state index in [-0.39, 0.29) is 6.09 Å². The Bertz CT molecular complexity index is 745. The van der Waals surface area contributed by atoms with Gasteiger partial charge in [0.2, 0.25) is 0 Å². The van der Waals surface area contributed by atoms with Gasteiger partial charge in [-0.3, -0.25) is 0 Å². The molecule has 1 saturated heterocycles. The van der Waals surface area contributed by atoms with E-state index in [9.17, 15) is 4.79 Å². The van der Waals surface area contributed by atoms with E-state index in [1.807, 2.05) is 17.2 Å². The molecule has 1 aliphatic heterocycles. The number of nitrogens with one attached hydrogen (secondary N) is 1. The van der Waals surface area contributed by atoms with Crippen molar-refractivity contribution in [2.45, 2.75) is 25.3 Å². The van der Waals surface area contributed by atoms with Gasteiger partial charge in [0.05, 0.1) is 12.5 Å². The predicted octanol–water partition coefficient (Wildman–Crippen LogP) is 2.26. The van der Waals surface area contributed by atoms with E-state index < -0.39 is 0 Å². The molecule has 2 fully saturated rings. The SMILES string of the molecule is COC(=O)N1CC[C@H]2C[C@H](N(C)c3ncnc4[nH]ccc34)C[C@H]2C1. The minimum atomic E-state index is -0.199. The van der Waals surface area contributed by atoms with Gasteiger partial charge in [-0.05, 0) is 37.2 Å². The number of H-pyrrole nitrogens is 1. The van der Waals surface area contributed by atoms with Crippen LogP contribution in [0.15, 0.2) is 18.6 Å². The fraction of sp³-hybridized carbons (Fsp3) is 0.588. The predicted molar refractivity (Wildman–Crippen MR) is 90.9 cm³/mol. The maximum absolute atomic E-state index is 11.8. The van der Waals surface area contributed by atoms with E-state index in [1.165, 1.54) is 7.11 Å². The summed E-state index contributed by atoms with van der Waals surface area (Å²) in [6, 6.07) is 2.48. The molecule has 2 aliphatic rings. The van der Waals surface area contributed by atoms with Gasteiger partial charge in [-0.1, -0.05) is 0 Å². The maximum Gasteiger partial charge on any atom is 0.409 e. The lowest BCUT2D eigenvalue weighted by molar-refractivity contribution is 0.0904. The number of methoxy groups -OCH3 is 1. The number of carbonyl (C=O) groups excluding carboxylic acids is 1. The zero-order valence-electron chi connectivity index (χ0n) is 14.1. The second-order valence-corrected chi connectivity index (χ2v) is 6.90. The van der Waals surface area contributed by atoms with Crippen molar-refractivity contribution in [3.63, 3.8) is 0 Å². The number of amides is 1. The van der Waals surface area contributed by atoms with Gasteiger partial charge in [-0.15, -0.1) is 0 Å². The van der Waals surface area contributed by atoms with Crippen molar-refractivity contribution in [3.05, 3.63) is 18.6 Å². The van der Waals surface area contributed by atoms with Gasteiger partial charge >= 0.3 is 6.09 Å². The average Bonchev–Trinajstić information content (AvgIpc) is 3.25. The standard InChI is InChI=1S/C17H23N5O2/c1-21(16-14-3-5-18-15(14)19-10-20-16)13-7-11-4-6-22(17(23)24-2)9-12(11)8-13/h3,5,10-13H,4,6-9H2,1-2H3,(H,18,19,20)/t11-,12-,13-/m0/s1. The molecule has 128 valence electrons. The van der Waals surface area contributed by atoms with Gasteiger partial charge in [-0.25, -0.2) is 14.8 Å². The summed E-state index contributed by atoms with van der Waals surface area (Å²) in [4.78, 5) is 27.8. The molecule has 0 bridgehead atoms. The Morgan fingerprint density at radius 3 is 3.04 bits per heavy atom. The van der Waals surface area contributed by atoms with Gasteiger partial charge < -0.3 is 19.5 Å². The van der Waals surface area contributed by atoms with Crippen LogP contribution < -0.4 is 4.90 Å². The summed E-state index contributed by atoms with van der Waals surface area (Å²) in [6.45, 7) is 1.62. The molecule has 3 heterocycles. The molecule has 1 aliphatic carbocycles. The minimum Gasteiger partial charge on any atom is -0.453 e. The number of aromatic nitrogens is 3. The third kappa shape index (κ3) is 2.48. The molecule has 7 nitrogen and oxygen atoms in total. The van der Waals surface area contributed by atoms with Gasteiger partial charge in [-0.2, -0.15) is 0 Å². The Labute approximate surface area is 141 Å². The lowest BCUT2D eigenvalue weighted by Crippen LogP contribution is -2.42. The molecule has 3 atom stereocenters. The van der Waals surface area contributed by atoms with Gasteiger partial charge in [0, 0.05) is 32.4 Å². The van der Waals surface area contributed by atoms with Crippen LogP contribution in [0.3, 0.4) is 0 Å². The van der Waals surface area contributed by atoms with Crippen molar-refractivity contribution < 1.29 is 9.53 Å². The molecule has 0 radical (unpaired) electrons. The highest BCUT2D eigenvalue weighted by atomic mass is 16.5. The Morgan fingerprint density at radius 1 is 1.38 bits per heavy atom. The number of likely N-dealkylation sites (tertiary alicyclic amines) is 1. The second-order valence-electron chi connectivity index (χ2n) is 6.90. The lowest BCUT2D eigenvalue weighted by atomic mass is 9.89. The topological polar surface area (TPSA) is 74.3 Å². The number of hydrogen-bond acceptors (Lipinski definition) is 5. The normalized spacial score (nSPS) is 26.4. The Balaban J connectivity index is 1.50. The van der Waals surface area contributed by atoms with E-state index in [2.05, 4.69) is 26.9 Å². The summed E-state index contributed by atoms with van der Waals surface area (Å²) in [5, 5.41) is 1.06. The fourth-order valence-electron chi connectivity index (χ4n) is 4.38. The Morgan fingerprint density at radius 2 is 2.21 bits per heavy atom. The second kappa shape index (κ2) is 5.96. The van der Waals surface area contributed by atoms with Crippen LogP contribution in [0.4, 0.5) is 10.6 Å². The highest BCUT2D eigenvalue weighted by Crippen LogP contribution is 2.41. The number of nitrogens with zero attached hydrogens (tertiary/aromatic N) is 4. The summed E-state index contributed by atoms with van der Waals surface area (Å²) in [7, 11) is 3.58. The first-order valence-electron chi connectivity index (χ1n) is 8.51. The number of rotatable bonds is 2. The smallest absolute Gasteiger partial charge is 0.409 e. The van der Waals surface area contributed by atoms with Crippen LogP contribution in [0.1, 0.15) is 19.3 Å². The van der Waals surface area contributed by atoms with E-state index in [4.69, 9.17) is 4.74 Å². The van der Waals surface area contributed by atoms with Gasteiger partial charge in [0.25, 0.3) is 0 Å². The van der Waals surface area contributed by atoms with Crippen molar-refractivity contribution in [1.29, 1.82) is 0 Å². The van der Waals surface area contributed by atoms with Crippen LogP contribution in [0.25, 0.3) is 11.0 Å². The molecule has 2 aromatic rings. The molecule has 0 aromatic carbocycles. The van der Waals surface area contributed by atoms with E-state index in [0.29, 0.717) is 17.9 Å². The van der Waals surface area contributed by atoms with Crippen LogP contribution in [0, 0.1) is 11.8 Å². The first-order chi connectivity index (χ1) is 11.7. The molecule has 4 rings (SSSR count). The van der Waals surface area contributed by atoms with Crippen molar-refractivity contribution in [3.8, 4) is 0 Å². The molecule has 7 heteroatoms. The van der Waals surface area contributed by atoms with Crippen molar-refractivity contribution in [2.24, 2.45) is 11.8 Å². The number of fused-ring (bicyclic) bond motifs is 2. The molecule has 1 amide bonds. The molecule has 1 saturated carbocycles. The van der Waals surface area contributed by atoms with Crippen molar-refractivity contribution >= 4 is 22.9 Å². The molecular weight excluding hydrogens is 306 g/mol. The number of hydrogen-bond donors (Lipinski definition) is 1.